The average Bonchev–Trinajstić information content (AvgIpc) is 3.08. The number of amides is 4. The molecule has 18 nitrogen and oxygen atoms in total. The Morgan fingerprint density at radius 2 is 0.721 bits per heavy atom. The van der Waals surface area contributed by atoms with Crippen LogP contribution in [-0.2, 0) is 37.5 Å². The van der Waals surface area contributed by atoms with Crippen LogP contribution in [0.2, 0.25) is 0 Å². The van der Waals surface area contributed by atoms with Crippen molar-refractivity contribution in [1.29, 1.82) is 0 Å². The lowest BCUT2D eigenvalue weighted by Crippen LogP contribution is -2.44. The molecule has 0 spiro atoms. The number of non-ortho nitro benzene ring substituents is 2. The number of carbonyl (C=O) groups is 4. The van der Waals surface area contributed by atoms with Crippen LogP contribution < -0.4 is 21.3 Å². The minimum atomic E-state index is -5.09. The summed E-state index contributed by atoms with van der Waals surface area (Å²) in [6.45, 7) is 17.9. The number of nitro groups is 2. The number of nitrogen functional groups attached to an aromatic ring is 2. The first-order chi connectivity index (χ1) is 30.3. The third-order valence-corrected chi connectivity index (χ3v) is 7.16. The second kappa shape index (κ2) is 21.3. The van der Waals surface area contributed by atoms with Crippen LogP contribution in [0.3, 0.4) is 0 Å². The number of benzene rings is 3. The van der Waals surface area contributed by atoms with Gasteiger partial charge in [-0.1, -0.05) is 0 Å². The second-order valence-electron chi connectivity index (χ2n) is 17.8. The Labute approximate surface area is 382 Å². The highest BCUT2D eigenvalue weighted by molar-refractivity contribution is 6.11. The van der Waals surface area contributed by atoms with E-state index < -0.39 is 120 Å². The fourth-order valence-corrected chi connectivity index (χ4v) is 4.71. The van der Waals surface area contributed by atoms with Gasteiger partial charge in [0, 0.05) is 35.6 Å². The van der Waals surface area contributed by atoms with Crippen molar-refractivity contribution in [1.82, 2.24) is 0 Å². The van der Waals surface area contributed by atoms with Gasteiger partial charge in [0.05, 0.1) is 37.9 Å². The normalized spacial score (nSPS) is 12.2. The highest BCUT2D eigenvalue weighted by Crippen LogP contribution is 2.41. The van der Waals surface area contributed by atoms with Gasteiger partial charge in [-0.25, -0.2) is 19.2 Å². The lowest BCUT2D eigenvalue weighted by atomic mass is 10.1. The maximum atomic E-state index is 13.5. The monoisotopic (exact) mass is 988 g/mol. The second-order valence-corrected chi connectivity index (χ2v) is 17.8. The molecule has 0 fully saturated rings. The summed E-state index contributed by atoms with van der Waals surface area (Å²) in [5.74, 6) is 0. The molecule has 0 atom stereocenters. The van der Waals surface area contributed by atoms with E-state index in [1.165, 1.54) is 83.1 Å². The Hall–Kier alpha value is -7.09. The summed E-state index contributed by atoms with van der Waals surface area (Å²) >= 11 is 0. The fourth-order valence-electron chi connectivity index (χ4n) is 4.71. The topological polar surface area (TPSA) is 250 Å². The average molecular weight is 989 g/mol. The molecule has 0 radical (unpaired) electrons. The van der Waals surface area contributed by atoms with Gasteiger partial charge < -0.3 is 30.4 Å². The number of hydrogen-bond donors (Lipinski definition) is 2. The van der Waals surface area contributed by atoms with Crippen LogP contribution in [0.5, 0.6) is 0 Å². The molecule has 3 aromatic rings. The van der Waals surface area contributed by atoms with Gasteiger partial charge in [-0.05, 0) is 113 Å². The molecular formula is C41H49F9N6O12. The predicted molar refractivity (Wildman–Crippen MR) is 226 cm³/mol. The molecule has 0 bridgehead atoms. The number of carbonyl (C=O) groups excluding carboxylic acids is 4. The summed E-state index contributed by atoms with van der Waals surface area (Å²) in [7, 11) is 0. The van der Waals surface area contributed by atoms with Gasteiger partial charge in [0.1, 0.15) is 22.4 Å². The molecule has 4 amide bonds. The van der Waals surface area contributed by atoms with Crippen molar-refractivity contribution in [3.63, 3.8) is 0 Å². The summed E-state index contributed by atoms with van der Waals surface area (Å²) in [4.78, 5) is 69.3. The standard InChI is InChI=1S/C17H21F3N2O6.C17H23F3N2O4.C7H5F3N2O2/c1-15(2,3)27-13(23)21(14(24)28-16(4,5)6)12-8-7-10(22(25)26)9-11(12)17(18,19)20;1-15(2,3)25-13(23)22(14(24)26-16(4,5)6)12-8-7-10(21)9-11(12)17(18,19)20;8-7(9,10)5-3-4(12(13)14)1-2-6(5)11/h7-9H,1-6H3;7-9H,21H2,1-6H3;1-3H,11H2. The van der Waals surface area contributed by atoms with Crippen molar-refractivity contribution in [2.45, 2.75) is 124 Å². The van der Waals surface area contributed by atoms with Crippen LogP contribution in [0.25, 0.3) is 0 Å². The van der Waals surface area contributed by atoms with E-state index in [-0.39, 0.29) is 21.6 Å². The van der Waals surface area contributed by atoms with Crippen molar-refractivity contribution in [3.8, 4) is 0 Å². The van der Waals surface area contributed by atoms with Gasteiger partial charge in [0.15, 0.2) is 0 Å². The van der Waals surface area contributed by atoms with Crippen molar-refractivity contribution in [2.24, 2.45) is 0 Å². The molecule has 68 heavy (non-hydrogen) atoms. The highest BCUT2D eigenvalue weighted by Gasteiger charge is 2.43. The summed E-state index contributed by atoms with van der Waals surface area (Å²) in [5.41, 5.74) is -1.73. The number of ether oxygens (including phenoxy) is 4. The molecule has 0 aliphatic rings. The lowest BCUT2D eigenvalue weighted by Gasteiger charge is -2.30. The van der Waals surface area contributed by atoms with Crippen LogP contribution in [0.4, 0.5) is 92.8 Å². The largest absolute Gasteiger partial charge is 0.443 e. The molecule has 0 aromatic heterocycles. The zero-order valence-electron chi connectivity index (χ0n) is 38.4. The van der Waals surface area contributed by atoms with Gasteiger partial charge in [-0.3, -0.25) is 20.2 Å². The molecular weight excluding hydrogens is 939 g/mol. The summed E-state index contributed by atoms with van der Waals surface area (Å²) in [6.07, 6.45) is -20.0. The van der Waals surface area contributed by atoms with Crippen LogP contribution in [0.1, 0.15) is 99.8 Å². The third-order valence-electron chi connectivity index (χ3n) is 7.16. The van der Waals surface area contributed by atoms with E-state index in [0.717, 1.165) is 30.3 Å². The molecule has 378 valence electrons. The van der Waals surface area contributed by atoms with Crippen molar-refractivity contribution in [2.75, 3.05) is 21.3 Å². The molecule has 0 saturated carbocycles. The number of nitrogens with two attached hydrogens (primary N) is 2. The van der Waals surface area contributed by atoms with Gasteiger partial charge in [0.25, 0.3) is 11.4 Å². The smallest absolute Gasteiger partial charge is 0.424 e. The minimum Gasteiger partial charge on any atom is -0.443 e. The summed E-state index contributed by atoms with van der Waals surface area (Å²) in [5, 5.41) is 21.0. The Kier molecular flexibility index (Phi) is 18.4. The van der Waals surface area contributed by atoms with E-state index in [9.17, 15) is 78.9 Å². The van der Waals surface area contributed by atoms with E-state index in [1.807, 2.05) is 0 Å². The molecule has 4 N–H and O–H groups in total. The first-order valence-corrected chi connectivity index (χ1v) is 19.2. The van der Waals surface area contributed by atoms with Crippen LogP contribution in [-0.4, -0.2) is 56.6 Å². The Morgan fingerprint density at radius 1 is 0.456 bits per heavy atom. The van der Waals surface area contributed by atoms with Crippen LogP contribution in [0.15, 0.2) is 54.6 Å². The molecule has 0 heterocycles. The number of rotatable bonds is 4. The highest BCUT2D eigenvalue weighted by atomic mass is 19.4. The van der Waals surface area contributed by atoms with E-state index in [0.29, 0.717) is 18.2 Å². The van der Waals surface area contributed by atoms with E-state index >= 15 is 0 Å². The quantitative estimate of drug-likeness (QED) is 0.0811. The molecule has 3 rings (SSSR count). The van der Waals surface area contributed by atoms with Crippen LogP contribution in [0, 0.1) is 20.2 Å². The molecule has 27 heteroatoms. The Balaban J connectivity index is 0.000000537. The molecule has 0 unspecified atom stereocenters. The SMILES string of the molecule is CC(C)(C)OC(=O)N(C(=O)OC(C)(C)C)c1ccc(N)cc1C(F)(F)F.CC(C)(C)OC(=O)N(C(=O)OC(C)(C)C)c1ccc([N+](=O)[O-])cc1C(F)(F)F.Nc1ccc([N+](=O)[O-])cc1C(F)(F)F. The number of halogens is 9. The van der Waals surface area contributed by atoms with Gasteiger partial charge >= 0.3 is 42.9 Å². The zero-order chi connectivity index (χ0) is 53.5. The number of nitrogens with zero attached hydrogens (tertiary/aromatic N) is 4. The maximum absolute atomic E-state index is 13.5. The number of alkyl halides is 9. The van der Waals surface area contributed by atoms with E-state index in [1.54, 1.807) is 0 Å². The van der Waals surface area contributed by atoms with Gasteiger partial charge in [-0.2, -0.15) is 49.3 Å². The number of nitro benzene ring substituents is 2. The zero-order valence-corrected chi connectivity index (χ0v) is 38.4. The molecule has 0 aliphatic heterocycles. The van der Waals surface area contributed by atoms with Crippen molar-refractivity contribution >= 4 is 58.5 Å². The van der Waals surface area contributed by atoms with E-state index in [2.05, 4.69) is 0 Å². The Bertz CT molecular complexity index is 2290. The first-order valence-electron chi connectivity index (χ1n) is 19.2. The van der Waals surface area contributed by atoms with Gasteiger partial charge in [0.2, 0.25) is 0 Å². The number of imide groups is 2. The molecule has 3 aromatic carbocycles. The third kappa shape index (κ3) is 19.0. The summed E-state index contributed by atoms with van der Waals surface area (Å²) in [6, 6.07) is 6.52. The van der Waals surface area contributed by atoms with Crippen molar-refractivity contribution < 1.29 is 87.5 Å². The summed E-state index contributed by atoms with van der Waals surface area (Å²) < 4.78 is 137. The number of anilines is 4. The van der Waals surface area contributed by atoms with Crippen LogP contribution >= 0.6 is 0 Å². The minimum absolute atomic E-state index is 0.0725. The number of hydrogen-bond acceptors (Lipinski definition) is 14. The molecule has 0 saturated heterocycles. The molecule has 0 aliphatic carbocycles. The van der Waals surface area contributed by atoms with Crippen molar-refractivity contribution in [3.05, 3.63) is 91.5 Å². The predicted octanol–water partition coefficient (Wildman–Crippen LogP) is 12.5. The van der Waals surface area contributed by atoms with Gasteiger partial charge in [-0.15, -0.1) is 0 Å². The first kappa shape index (κ1) is 58.9. The maximum Gasteiger partial charge on any atom is 0.424 e. The fraction of sp³-hybridized carbons (Fsp3) is 0.463. The van der Waals surface area contributed by atoms with E-state index in [4.69, 9.17) is 30.4 Å². The lowest BCUT2D eigenvalue weighted by molar-refractivity contribution is -0.385. The Morgan fingerprint density at radius 3 is 1.00 bits per heavy atom.